The Bertz CT molecular complexity index is 815. The molecule has 0 atom stereocenters. The van der Waals surface area contributed by atoms with E-state index >= 15 is 0 Å². The normalized spacial score (nSPS) is 14.4. The Hall–Kier alpha value is -1.56. The van der Waals surface area contributed by atoms with Gasteiger partial charge in [-0.05, 0) is 61.6 Å². The number of hydrogen-bond acceptors (Lipinski definition) is 0. The molecule has 0 nitrogen and oxygen atoms in total. The first kappa shape index (κ1) is 18.2. The number of benzene rings is 2. The van der Waals surface area contributed by atoms with Gasteiger partial charge < -0.3 is 0 Å². The Labute approximate surface area is 154 Å². The van der Waals surface area contributed by atoms with Gasteiger partial charge in [0.15, 0.2) is 0 Å². The van der Waals surface area contributed by atoms with Gasteiger partial charge in [0.1, 0.15) is 0 Å². The molecule has 0 aliphatic heterocycles. The highest BCUT2D eigenvalue weighted by Crippen LogP contribution is 2.49. The van der Waals surface area contributed by atoms with E-state index < -0.39 is 0 Å². The first-order chi connectivity index (χ1) is 11.3. The monoisotopic (exact) mass is 334 g/mol. The Morgan fingerprint density at radius 1 is 0.640 bits per heavy atom. The molecule has 0 heterocycles. The molecule has 2 aromatic rings. The third kappa shape index (κ3) is 3.05. The van der Waals surface area contributed by atoms with E-state index in [-0.39, 0.29) is 16.2 Å². The summed E-state index contributed by atoms with van der Waals surface area (Å²) in [4.78, 5) is 0. The van der Waals surface area contributed by atoms with Gasteiger partial charge in [0.25, 0.3) is 0 Å². The van der Waals surface area contributed by atoms with Crippen molar-refractivity contribution in [3.63, 3.8) is 0 Å². The van der Waals surface area contributed by atoms with Crippen molar-refractivity contribution in [2.75, 3.05) is 0 Å². The second kappa shape index (κ2) is 5.47. The standard InChI is InChI=1S/C25H34/c1-23(2,3)20-15-18-17-13-11-10-12-16(17)14-19(18)21(24(4,5)6)22(20)25(7,8)9/h10-13,15H,14H2,1-9H3. The molecule has 0 heteroatoms. The van der Waals surface area contributed by atoms with Gasteiger partial charge in [-0.3, -0.25) is 0 Å². The molecule has 1 aliphatic rings. The van der Waals surface area contributed by atoms with Crippen LogP contribution in [0, 0.1) is 0 Å². The van der Waals surface area contributed by atoms with Gasteiger partial charge in [0.2, 0.25) is 0 Å². The molecule has 3 rings (SSSR count). The Kier molecular flexibility index (Phi) is 3.99. The van der Waals surface area contributed by atoms with Crippen LogP contribution in [0.25, 0.3) is 11.1 Å². The van der Waals surface area contributed by atoms with E-state index in [1.54, 1.807) is 16.7 Å². The number of rotatable bonds is 0. The summed E-state index contributed by atoms with van der Waals surface area (Å²) in [5.41, 5.74) is 11.0. The summed E-state index contributed by atoms with van der Waals surface area (Å²) in [5, 5.41) is 0. The molecule has 0 spiro atoms. The topological polar surface area (TPSA) is 0 Å². The maximum Gasteiger partial charge on any atom is -0.00104 e. The first-order valence-electron chi connectivity index (χ1n) is 9.61. The highest BCUT2D eigenvalue weighted by atomic mass is 14.4. The van der Waals surface area contributed by atoms with Crippen molar-refractivity contribution in [3.05, 3.63) is 58.1 Å². The molecule has 0 fully saturated rings. The molecule has 0 saturated carbocycles. The summed E-state index contributed by atoms with van der Waals surface area (Å²) in [6, 6.07) is 11.5. The summed E-state index contributed by atoms with van der Waals surface area (Å²) in [7, 11) is 0. The lowest BCUT2D eigenvalue weighted by molar-refractivity contribution is 0.495. The maximum absolute atomic E-state index is 2.51. The molecule has 0 aromatic heterocycles. The highest BCUT2D eigenvalue weighted by molar-refractivity contribution is 5.80. The van der Waals surface area contributed by atoms with Crippen LogP contribution >= 0.6 is 0 Å². The van der Waals surface area contributed by atoms with Crippen LogP contribution in [0.5, 0.6) is 0 Å². The molecule has 0 unspecified atom stereocenters. The van der Waals surface area contributed by atoms with Gasteiger partial charge in [0, 0.05) is 0 Å². The fraction of sp³-hybridized carbons (Fsp3) is 0.520. The van der Waals surface area contributed by atoms with Crippen molar-refractivity contribution in [1.82, 2.24) is 0 Å². The van der Waals surface area contributed by atoms with Crippen molar-refractivity contribution in [2.24, 2.45) is 0 Å². The molecular weight excluding hydrogens is 300 g/mol. The van der Waals surface area contributed by atoms with E-state index in [0.29, 0.717) is 0 Å². The molecule has 2 aromatic carbocycles. The third-order valence-corrected chi connectivity index (χ3v) is 5.42. The minimum atomic E-state index is 0.134. The van der Waals surface area contributed by atoms with Crippen LogP contribution in [0.15, 0.2) is 30.3 Å². The molecule has 0 amide bonds. The van der Waals surface area contributed by atoms with Gasteiger partial charge in [-0.15, -0.1) is 0 Å². The fourth-order valence-corrected chi connectivity index (χ4v) is 4.47. The van der Waals surface area contributed by atoms with Crippen LogP contribution in [-0.4, -0.2) is 0 Å². The lowest BCUT2D eigenvalue weighted by atomic mass is 9.66. The van der Waals surface area contributed by atoms with Crippen LogP contribution in [0.4, 0.5) is 0 Å². The number of hydrogen-bond donors (Lipinski definition) is 0. The molecule has 25 heavy (non-hydrogen) atoms. The lowest BCUT2D eigenvalue weighted by Crippen LogP contribution is -2.29. The third-order valence-electron chi connectivity index (χ3n) is 5.42. The zero-order chi connectivity index (χ0) is 18.8. The first-order valence-corrected chi connectivity index (χ1v) is 9.61. The molecule has 0 bridgehead atoms. The van der Waals surface area contributed by atoms with Gasteiger partial charge >= 0.3 is 0 Å². The minimum Gasteiger partial charge on any atom is -0.0619 e. The van der Waals surface area contributed by atoms with E-state index in [0.717, 1.165) is 6.42 Å². The molecule has 0 N–H and O–H groups in total. The quantitative estimate of drug-likeness (QED) is 0.409. The highest BCUT2D eigenvalue weighted by Gasteiger charge is 2.36. The van der Waals surface area contributed by atoms with Crippen molar-refractivity contribution in [2.45, 2.75) is 85.0 Å². The van der Waals surface area contributed by atoms with E-state index in [1.807, 2.05) is 0 Å². The van der Waals surface area contributed by atoms with Crippen molar-refractivity contribution < 1.29 is 0 Å². The minimum absolute atomic E-state index is 0.134. The van der Waals surface area contributed by atoms with Crippen molar-refractivity contribution in [3.8, 4) is 11.1 Å². The summed E-state index contributed by atoms with van der Waals surface area (Å²) in [6.45, 7) is 21.4. The van der Waals surface area contributed by atoms with Crippen LogP contribution in [0.3, 0.4) is 0 Å². The van der Waals surface area contributed by atoms with Gasteiger partial charge in [0.05, 0.1) is 0 Å². The van der Waals surface area contributed by atoms with Crippen LogP contribution in [0.2, 0.25) is 0 Å². The SMILES string of the molecule is CC(C)(C)c1cc2c(c(C(C)(C)C)c1C(C)(C)C)Cc1ccccc1-2. The van der Waals surface area contributed by atoms with Gasteiger partial charge in [-0.1, -0.05) is 92.6 Å². The molecule has 0 saturated heterocycles. The number of fused-ring (bicyclic) bond motifs is 3. The summed E-state index contributed by atoms with van der Waals surface area (Å²) in [5.74, 6) is 0. The molecular formula is C25H34. The maximum atomic E-state index is 2.51. The Morgan fingerprint density at radius 2 is 1.20 bits per heavy atom. The molecule has 134 valence electrons. The van der Waals surface area contributed by atoms with E-state index in [2.05, 4.69) is 92.6 Å². The van der Waals surface area contributed by atoms with Gasteiger partial charge in [-0.2, -0.15) is 0 Å². The van der Waals surface area contributed by atoms with Crippen LogP contribution < -0.4 is 0 Å². The lowest BCUT2D eigenvalue weighted by Gasteiger charge is -2.38. The second-order valence-electron chi connectivity index (χ2n) is 10.8. The zero-order valence-electron chi connectivity index (χ0n) is 17.6. The fourth-order valence-electron chi connectivity index (χ4n) is 4.47. The average Bonchev–Trinajstić information content (AvgIpc) is 2.80. The van der Waals surface area contributed by atoms with Crippen LogP contribution in [0.1, 0.15) is 90.1 Å². The van der Waals surface area contributed by atoms with Crippen LogP contribution in [-0.2, 0) is 22.7 Å². The molecule has 1 aliphatic carbocycles. The Balaban J connectivity index is 2.48. The molecule has 0 radical (unpaired) electrons. The van der Waals surface area contributed by atoms with Crippen molar-refractivity contribution >= 4 is 0 Å². The average molecular weight is 335 g/mol. The van der Waals surface area contributed by atoms with E-state index in [4.69, 9.17) is 0 Å². The second-order valence-corrected chi connectivity index (χ2v) is 10.8. The smallest absolute Gasteiger partial charge is 0.00104 e. The zero-order valence-corrected chi connectivity index (χ0v) is 17.6. The Morgan fingerprint density at radius 3 is 1.72 bits per heavy atom. The largest absolute Gasteiger partial charge is 0.0619 e. The summed E-state index contributed by atoms with van der Waals surface area (Å²) in [6.07, 6.45) is 1.08. The van der Waals surface area contributed by atoms with E-state index in [1.165, 1.54) is 22.3 Å². The summed E-state index contributed by atoms with van der Waals surface area (Å²) >= 11 is 0. The van der Waals surface area contributed by atoms with E-state index in [9.17, 15) is 0 Å². The predicted octanol–water partition coefficient (Wildman–Crippen LogP) is 7.15. The predicted molar refractivity (Wildman–Crippen MR) is 111 cm³/mol. The summed E-state index contributed by atoms with van der Waals surface area (Å²) < 4.78 is 0. The van der Waals surface area contributed by atoms with Gasteiger partial charge in [-0.25, -0.2) is 0 Å². The van der Waals surface area contributed by atoms with Crippen molar-refractivity contribution in [1.29, 1.82) is 0 Å².